The number of amides is 1. The number of aliphatic imine (C=N–C) groups is 1. The molecule has 0 fully saturated rings. The van der Waals surface area contributed by atoms with Gasteiger partial charge >= 0.3 is 0 Å². The summed E-state index contributed by atoms with van der Waals surface area (Å²) in [6, 6.07) is 13.1. The van der Waals surface area contributed by atoms with Crippen molar-refractivity contribution in [2.24, 2.45) is 9.98 Å². The lowest BCUT2D eigenvalue weighted by atomic mass is 10.2. The van der Waals surface area contributed by atoms with E-state index in [1.54, 1.807) is 6.08 Å². The van der Waals surface area contributed by atoms with E-state index < -0.39 is 0 Å². The zero-order valence-corrected chi connectivity index (χ0v) is 13.7. The molecule has 1 aromatic heterocycles. The van der Waals surface area contributed by atoms with Crippen LogP contribution in [0.1, 0.15) is 6.42 Å². The number of para-hydroxylation sites is 1. The molecule has 0 aliphatic carbocycles. The summed E-state index contributed by atoms with van der Waals surface area (Å²) < 4.78 is 5.56. The summed E-state index contributed by atoms with van der Waals surface area (Å²) in [7, 11) is 0. The smallest absolute Gasteiger partial charge is 0.249 e. The Morgan fingerprint density at radius 2 is 1.96 bits per heavy atom. The van der Waals surface area contributed by atoms with Crippen LogP contribution in [0.15, 0.2) is 71.1 Å². The van der Waals surface area contributed by atoms with Gasteiger partial charge in [0.2, 0.25) is 5.91 Å². The number of ether oxygens (including phenoxy) is 1. The number of carbonyl (C=O) groups is 1. The fourth-order valence-corrected chi connectivity index (χ4v) is 2.59. The lowest BCUT2D eigenvalue weighted by Gasteiger charge is -2.04. The minimum Gasteiger partial charge on any atom is -0.465 e. The molecule has 1 amide bonds. The van der Waals surface area contributed by atoms with Crippen molar-refractivity contribution in [3.8, 4) is 5.75 Å². The summed E-state index contributed by atoms with van der Waals surface area (Å²) in [5, 5.41) is 2.36. The number of hydrogen-bond acceptors (Lipinski definition) is 5. The molecular formula is C20H14N4O2. The van der Waals surface area contributed by atoms with E-state index in [1.807, 2.05) is 48.5 Å². The van der Waals surface area contributed by atoms with Crippen molar-refractivity contribution in [3.05, 3.63) is 71.7 Å². The van der Waals surface area contributed by atoms with Crippen molar-refractivity contribution in [1.29, 1.82) is 0 Å². The zero-order valence-electron chi connectivity index (χ0n) is 13.7. The molecule has 6 nitrogen and oxygen atoms in total. The normalized spacial score (nSPS) is 19.0. The fraction of sp³-hybridized carbons (Fsp3) is 0.0500. The van der Waals surface area contributed by atoms with E-state index in [9.17, 15) is 4.79 Å². The molecule has 2 bridgehead atoms. The van der Waals surface area contributed by atoms with Gasteiger partial charge in [-0.3, -0.25) is 4.79 Å². The van der Waals surface area contributed by atoms with E-state index >= 15 is 0 Å². The van der Waals surface area contributed by atoms with Crippen LogP contribution >= 0.6 is 0 Å². The molecule has 0 saturated carbocycles. The predicted molar refractivity (Wildman–Crippen MR) is 98.8 cm³/mol. The first-order valence-corrected chi connectivity index (χ1v) is 8.07. The van der Waals surface area contributed by atoms with Crippen LogP contribution < -0.4 is 15.3 Å². The van der Waals surface area contributed by atoms with Gasteiger partial charge in [-0.05, 0) is 35.6 Å². The Morgan fingerprint density at radius 1 is 1.04 bits per heavy atom. The summed E-state index contributed by atoms with van der Waals surface area (Å²) >= 11 is 0. The zero-order chi connectivity index (χ0) is 17.8. The van der Waals surface area contributed by atoms with Gasteiger partial charge < -0.3 is 4.74 Å². The number of benzene rings is 2. The van der Waals surface area contributed by atoms with Gasteiger partial charge in [-0.2, -0.15) is 0 Å². The lowest BCUT2D eigenvalue weighted by Crippen LogP contribution is -2.24. The third kappa shape index (κ3) is 3.39. The largest absolute Gasteiger partial charge is 0.465 e. The predicted octanol–water partition coefficient (Wildman–Crippen LogP) is 2.26. The Kier molecular flexibility index (Phi) is 4.30. The van der Waals surface area contributed by atoms with Crippen molar-refractivity contribution in [1.82, 2.24) is 9.97 Å². The summed E-state index contributed by atoms with van der Waals surface area (Å²) in [5.74, 6) is 0.918. The molecule has 126 valence electrons. The molecule has 6 heteroatoms. The molecule has 0 radical (unpaired) electrons. The Labute approximate surface area is 148 Å². The Bertz CT molecular complexity index is 1170. The Hall–Kier alpha value is -3.67. The van der Waals surface area contributed by atoms with Crippen LogP contribution in [-0.2, 0) is 4.79 Å². The molecule has 0 unspecified atom stereocenters. The Balaban J connectivity index is 1.99. The van der Waals surface area contributed by atoms with Gasteiger partial charge in [0.1, 0.15) is 12.1 Å². The van der Waals surface area contributed by atoms with E-state index in [2.05, 4.69) is 20.0 Å². The lowest BCUT2D eigenvalue weighted by molar-refractivity contribution is -0.116. The van der Waals surface area contributed by atoms with Crippen LogP contribution in [0.3, 0.4) is 0 Å². The number of hydrogen-bond donors (Lipinski definition) is 0. The van der Waals surface area contributed by atoms with E-state index in [0.29, 0.717) is 11.6 Å². The first-order valence-electron chi connectivity index (χ1n) is 8.07. The topological polar surface area (TPSA) is 76.8 Å². The maximum absolute atomic E-state index is 11.9. The highest BCUT2D eigenvalue weighted by Gasteiger charge is 2.05. The van der Waals surface area contributed by atoms with Gasteiger partial charge in [-0.25, -0.2) is 20.0 Å². The number of carbonyl (C=O) groups excluding carboxylic acids is 1. The molecule has 26 heavy (non-hydrogen) atoms. The second-order valence-electron chi connectivity index (χ2n) is 5.57. The third-order valence-electron chi connectivity index (χ3n) is 3.83. The molecule has 0 spiro atoms. The van der Waals surface area contributed by atoms with Crippen LogP contribution in [0.25, 0.3) is 17.0 Å². The van der Waals surface area contributed by atoms with Gasteiger partial charge in [0.25, 0.3) is 0 Å². The minimum atomic E-state index is -0.246. The minimum absolute atomic E-state index is 0.185. The van der Waals surface area contributed by atoms with E-state index in [4.69, 9.17) is 4.74 Å². The summed E-state index contributed by atoms with van der Waals surface area (Å²) in [6.07, 6.45) is 7.94. The van der Waals surface area contributed by atoms with E-state index in [0.717, 1.165) is 21.5 Å². The maximum atomic E-state index is 11.9. The Morgan fingerprint density at radius 3 is 2.92 bits per heavy atom. The number of allylic oxidation sites excluding steroid dienone is 1. The molecule has 4 rings (SSSR count). The van der Waals surface area contributed by atoms with Gasteiger partial charge in [-0.15, -0.1) is 0 Å². The molecular weight excluding hydrogens is 328 g/mol. The molecule has 1 aliphatic rings. The van der Waals surface area contributed by atoms with Crippen LogP contribution in [0, 0.1) is 0 Å². The van der Waals surface area contributed by atoms with Crippen molar-refractivity contribution >= 4 is 34.9 Å². The average molecular weight is 342 g/mol. The van der Waals surface area contributed by atoms with E-state index in [-0.39, 0.29) is 12.3 Å². The molecule has 3 aromatic rings. The van der Waals surface area contributed by atoms with Gasteiger partial charge in [-0.1, -0.05) is 24.3 Å². The van der Waals surface area contributed by atoms with Crippen LogP contribution in [0.2, 0.25) is 0 Å². The highest BCUT2D eigenvalue weighted by atomic mass is 16.5. The number of aromatic nitrogens is 2. The van der Waals surface area contributed by atoms with Gasteiger partial charge in [0, 0.05) is 18.0 Å². The second-order valence-corrected chi connectivity index (χ2v) is 5.57. The highest BCUT2D eigenvalue weighted by Crippen LogP contribution is 2.25. The average Bonchev–Trinajstić information content (AvgIpc) is 2.67. The van der Waals surface area contributed by atoms with Gasteiger partial charge in [0.05, 0.1) is 17.1 Å². The van der Waals surface area contributed by atoms with Crippen LogP contribution in [0.5, 0.6) is 5.75 Å². The molecule has 1 aliphatic heterocycles. The van der Waals surface area contributed by atoms with Crippen molar-refractivity contribution < 1.29 is 9.53 Å². The van der Waals surface area contributed by atoms with E-state index in [1.165, 1.54) is 18.8 Å². The summed E-state index contributed by atoms with van der Waals surface area (Å²) in [4.78, 5) is 29.0. The number of rotatable bonds is 0. The third-order valence-corrected chi connectivity index (χ3v) is 3.83. The molecule has 0 saturated heterocycles. The van der Waals surface area contributed by atoms with Crippen molar-refractivity contribution in [3.63, 3.8) is 0 Å². The summed E-state index contributed by atoms with van der Waals surface area (Å²) in [6.45, 7) is 0. The first kappa shape index (κ1) is 15.8. The second kappa shape index (κ2) is 7.06. The highest BCUT2D eigenvalue weighted by molar-refractivity contribution is 5.91. The van der Waals surface area contributed by atoms with Crippen LogP contribution in [0.4, 0.5) is 5.82 Å². The van der Waals surface area contributed by atoms with Crippen molar-refractivity contribution in [2.75, 3.05) is 0 Å². The quantitative estimate of drug-likeness (QED) is 0.628. The molecule has 0 N–H and O–H groups in total. The van der Waals surface area contributed by atoms with Crippen LogP contribution in [-0.4, -0.2) is 22.1 Å². The first-order chi connectivity index (χ1) is 12.8. The van der Waals surface area contributed by atoms with Crippen molar-refractivity contribution in [2.45, 2.75) is 6.42 Å². The molecule has 0 atom stereocenters. The van der Waals surface area contributed by atoms with Gasteiger partial charge in [0.15, 0.2) is 5.82 Å². The molecule has 2 heterocycles. The number of nitrogens with zero attached hydrogens (tertiary/aromatic N) is 4. The number of fused-ring (bicyclic) bond motifs is 2. The standard InChI is InChI=1S/C20H14N4O2/c25-19-9-6-14-4-1-2-5-17(14)24-20-16-12-15(26-11-3-10-21-19)7-8-18(16)22-13-23-20/h1-8,10-13H,9H2/b11-3-,14-6-,21-10-,24-17-. The molecule has 2 aromatic carbocycles. The monoisotopic (exact) mass is 342 g/mol. The maximum Gasteiger partial charge on any atom is 0.249 e. The fourth-order valence-electron chi connectivity index (χ4n) is 2.59. The summed E-state index contributed by atoms with van der Waals surface area (Å²) in [5.41, 5.74) is 0.776. The SMILES string of the molecule is O=C1C/C=c2/cccc/c2=N/c2ncnc3ccc(cc23)O/C=C\C=N/1.